The van der Waals surface area contributed by atoms with Gasteiger partial charge in [0, 0.05) is 17.5 Å². The maximum atomic E-state index is 12.0. The third kappa shape index (κ3) is 3.73. The van der Waals surface area contributed by atoms with Crippen LogP contribution in [-0.2, 0) is 14.3 Å². The summed E-state index contributed by atoms with van der Waals surface area (Å²) in [5, 5.41) is 0.613. The Kier molecular flexibility index (Phi) is 4.49. The highest BCUT2D eigenvalue weighted by atomic mass is 35.5. The second-order valence-corrected chi connectivity index (χ2v) is 5.61. The fraction of sp³-hybridized carbons (Fsp3) is 0.0526. The lowest BCUT2D eigenvalue weighted by Gasteiger charge is -2.02. The van der Waals surface area contributed by atoms with Crippen molar-refractivity contribution in [1.29, 1.82) is 0 Å². The van der Waals surface area contributed by atoms with Gasteiger partial charge in [-0.25, -0.2) is 4.79 Å². The fourth-order valence-electron chi connectivity index (χ4n) is 2.26. The third-order valence-corrected chi connectivity index (χ3v) is 3.55. The van der Waals surface area contributed by atoms with E-state index >= 15 is 0 Å². The Bertz CT molecular complexity index is 863. The zero-order chi connectivity index (χ0) is 17.1. The Morgan fingerprint density at radius 2 is 1.92 bits per heavy atom. The molecule has 1 aliphatic rings. The molecule has 24 heavy (non-hydrogen) atoms. The molecule has 0 atom stereocenters. The van der Waals surface area contributed by atoms with Gasteiger partial charge in [-0.05, 0) is 54.1 Å². The van der Waals surface area contributed by atoms with Crippen molar-refractivity contribution in [1.82, 2.24) is 0 Å². The molecule has 0 aliphatic carbocycles. The molecule has 1 heterocycles. The molecule has 0 fully saturated rings. The molecule has 0 unspecified atom stereocenters. The number of ether oxygens (including phenoxy) is 2. The Balaban J connectivity index is 1.88. The molecule has 1 aliphatic heterocycles. The van der Waals surface area contributed by atoms with Gasteiger partial charge in [0.25, 0.3) is 0 Å². The summed E-state index contributed by atoms with van der Waals surface area (Å²) in [7, 11) is 0. The standard InChI is InChI=1S/C19H13ClO4/c1-12(21)23-17-4-2-3-13(10-17)9-15-11-18(24-19(15)22)14-5-7-16(20)8-6-14/h2-11H,1H3/b15-9-. The van der Waals surface area contributed by atoms with E-state index < -0.39 is 11.9 Å². The maximum Gasteiger partial charge on any atom is 0.343 e. The summed E-state index contributed by atoms with van der Waals surface area (Å²) in [6.45, 7) is 1.33. The number of carbonyl (C=O) groups excluding carboxylic acids is 2. The lowest BCUT2D eigenvalue weighted by molar-refractivity contribution is -0.132. The van der Waals surface area contributed by atoms with Gasteiger partial charge in [0.1, 0.15) is 11.5 Å². The van der Waals surface area contributed by atoms with Crippen molar-refractivity contribution >= 4 is 35.4 Å². The molecule has 4 nitrogen and oxygen atoms in total. The van der Waals surface area contributed by atoms with E-state index in [0.29, 0.717) is 22.1 Å². The minimum atomic E-state index is -0.433. The maximum absolute atomic E-state index is 12.0. The Labute approximate surface area is 144 Å². The summed E-state index contributed by atoms with van der Waals surface area (Å²) in [5.74, 6) is 0.0621. The molecule has 0 radical (unpaired) electrons. The average molecular weight is 341 g/mol. The van der Waals surface area contributed by atoms with Crippen LogP contribution in [0.4, 0.5) is 0 Å². The first-order valence-corrected chi connectivity index (χ1v) is 7.59. The van der Waals surface area contributed by atoms with Crippen molar-refractivity contribution in [2.75, 3.05) is 0 Å². The van der Waals surface area contributed by atoms with Gasteiger partial charge in [0.05, 0.1) is 5.57 Å². The van der Waals surface area contributed by atoms with E-state index in [-0.39, 0.29) is 0 Å². The highest BCUT2D eigenvalue weighted by Gasteiger charge is 2.21. The van der Waals surface area contributed by atoms with Gasteiger partial charge in [-0.2, -0.15) is 0 Å². The van der Waals surface area contributed by atoms with Crippen LogP contribution in [-0.4, -0.2) is 11.9 Å². The highest BCUT2D eigenvalue weighted by molar-refractivity contribution is 6.30. The van der Waals surface area contributed by atoms with Crippen LogP contribution >= 0.6 is 11.6 Å². The minimum absolute atomic E-state index is 0.398. The molecule has 2 aromatic carbocycles. The SMILES string of the molecule is CC(=O)Oc1cccc(/C=C2/C=C(c3ccc(Cl)cc3)OC2=O)c1. The highest BCUT2D eigenvalue weighted by Crippen LogP contribution is 2.28. The normalized spacial score (nSPS) is 15.2. The van der Waals surface area contributed by atoms with Gasteiger partial charge in [-0.15, -0.1) is 0 Å². The van der Waals surface area contributed by atoms with E-state index in [1.165, 1.54) is 6.92 Å². The topological polar surface area (TPSA) is 52.6 Å². The molecule has 0 saturated heterocycles. The predicted molar refractivity (Wildman–Crippen MR) is 91.2 cm³/mol. The zero-order valence-electron chi connectivity index (χ0n) is 12.8. The number of halogens is 1. The molecule has 120 valence electrons. The van der Waals surface area contributed by atoms with Crippen LogP contribution in [0.1, 0.15) is 18.1 Å². The molecular weight excluding hydrogens is 328 g/mol. The largest absolute Gasteiger partial charge is 0.427 e. The zero-order valence-corrected chi connectivity index (χ0v) is 13.5. The van der Waals surface area contributed by atoms with Gasteiger partial charge < -0.3 is 9.47 Å². The lowest BCUT2D eigenvalue weighted by atomic mass is 10.1. The second kappa shape index (κ2) is 6.72. The van der Waals surface area contributed by atoms with Crippen molar-refractivity contribution in [2.45, 2.75) is 6.92 Å². The molecule has 0 saturated carbocycles. The van der Waals surface area contributed by atoms with E-state index in [1.807, 2.05) is 0 Å². The Morgan fingerprint density at radius 1 is 1.17 bits per heavy atom. The number of esters is 2. The number of cyclic esters (lactones) is 1. The molecular formula is C19H13ClO4. The van der Waals surface area contributed by atoms with Crippen LogP contribution in [0.25, 0.3) is 11.8 Å². The summed E-state index contributed by atoms with van der Waals surface area (Å²) in [4.78, 5) is 23.1. The van der Waals surface area contributed by atoms with Gasteiger partial charge in [0.2, 0.25) is 0 Å². The van der Waals surface area contributed by atoms with Crippen LogP contribution < -0.4 is 4.74 Å². The summed E-state index contributed by atoms with van der Waals surface area (Å²) in [6, 6.07) is 13.9. The first-order chi connectivity index (χ1) is 11.5. The molecule has 3 rings (SSSR count). The summed E-state index contributed by atoms with van der Waals surface area (Å²) in [5.41, 5.74) is 1.92. The van der Waals surface area contributed by atoms with E-state index in [9.17, 15) is 9.59 Å². The fourth-order valence-corrected chi connectivity index (χ4v) is 2.38. The number of hydrogen-bond donors (Lipinski definition) is 0. The first kappa shape index (κ1) is 16.0. The van der Waals surface area contributed by atoms with Crippen molar-refractivity contribution < 1.29 is 19.1 Å². The molecule has 0 N–H and O–H groups in total. The number of benzene rings is 2. The number of hydrogen-bond acceptors (Lipinski definition) is 4. The molecule has 0 amide bonds. The second-order valence-electron chi connectivity index (χ2n) is 5.17. The number of rotatable bonds is 3. The van der Waals surface area contributed by atoms with Crippen LogP contribution in [0.15, 0.2) is 60.2 Å². The van der Waals surface area contributed by atoms with Gasteiger partial charge in [-0.1, -0.05) is 23.7 Å². The smallest absolute Gasteiger partial charge is 0.343 e. The van der Waals surface area contributed by atoms with Crippen LogP contribution in [0, 0.1) is 0 Å². The summed E-state index contributed by atoms with van der Waals surface area (Å²) < 4.78 is 10.3. The summed E-state index contributed by atoms with van der Waals surface area (Å²) >= 11 is 5.86. The quantitative estimate of drug-likeness (QED) is 0.476. The van der Waals surface area contributed by atoms with Crippen molar-refractivity contribution in [3.63, 3.8) is 0 Å². The predicted octanol–water partition coefficient (Wildman–Crippen LogP) is 4.25. The Hall–Kier alpha value is -2.85. The third-order valence-electron chi connectivity index (χ3n) is 3.30. The number of carbonyl (C=O) groups is 2. The van der Waals surface area contributed by atoms with Crippen LogP contribution in [0.3, 0.4) is 0 Å². The molecule has 0 spiro atoms. The van der Waals surface area contributed by atoms with Crippen LogP contribution in [0.5, 0.6) is 5.75 Å². The van der Waals surface area contributed by atoms with Gasteiger partial charge >= 0.3 is 11.9 Å². The average Bonchev–Trinajstić information content (AvgIpc) is 2.89. The summed E-state index contributed by atoms with van der Waals surface area (Å²) in [6.07, 6.45) is 3.35. The van der Waals surface area contributed by atoms with Gasteiger partial charge in [0.15, 0.2) is 0 Å². The lowest BCUT2D eigenvalue weighted by Crippen LogP contribution is -2.01. The molecule has 2 aromatic rings. The molecule has 5 heteroatoms. The van der Waals surface area contributed by atoms with E-state index in [4.69, 9.17) is 21.1 Å². The minimum Gasteiger partial charge on any atom is -0.427 e. The first-order valence-electron chi connectivity index (χ1n) is 7.21. The van der Waals surface area contributed by atoms with E-state index in [1.54, 1.807) is 60.7 Å². The monoisotopic (exact) mass is 340 g/mol. The van der Waals surface area contributed by atoms with Crippen molar-refractivity contribution in [3.05, 3.63) is 76.3 Å². The van der Waals surface area contributed by atoms with Crippen molar-refractivity contribution in [2.24, 2.45) is 0 Å². The van der Waals surface area contributed by atoms with Crippen LogP contribution in [0.2, 0.25) is 5.02 Å². The van der Waals surface area contributed by atoms with E-state index in [0.717, 1.165) is 11.1 Å². The molecule has 0 aromatic heterocycles. The Morgan fingerprint density at radius 3 is 2.62 bits per heavy atom. The van der Waals surface area contributed by atoms with Crippen molar-refractivity contribution in [3.8, 4) is 5.75 Å². The van der Waals surface area contributed by atoms with Gasteiger partial charge in [-0.3, -0.25) is 4.79 Å². The molecule has 0 bridgehead atoms. The van der Waals surface area contributed by atoms with E-state index in [2.05, 4.69) is 0 Å².